The number of nitrogens with one attached hydrogen (secondary N) is 1. The minimum Gasteiger partial charge on any atom is -0.380 e. The molecule has 0 radical (unpaired) electrons. The lowest BCUT2D eigenvalue weighted by Crippen LogP contribution is -2.30. The van der Waals surface area contributed by atoms with Crippen molar-refractivity contribution >= 4 is 17.2 Å². The van der Waals surface area contributed by atoms with Crippen molar-refractivity contribution in [3.8, 4) is 0 Å². The minimum absolute atomic E-state index is 0.320. The van der Waals surface area contributed by atoms with Crippen molar-refractivity contribution in [2.75, 3.05) is 20.2 Å². The average Bonchev–Trinajstić information content (AvgIpc) is 2.97. The molecule has 1 unspecified atom stereocenters. The predicted molar refractivity (Wildman–Crippen MR) is 64.5 cm³/mol. The van der Waals surface area contributed by atoms with Crippen molar-refractivity contribution in [3.05, 3.63) is 16.1 Å². The molecule has 0 aromatic carbocycles. The molecule has 0 bridgehead atoms. The summed E-state index contributed by atoms with van der Waals surface area (Å²) in [4.78, 5) is 17.8. The first-order valence-electron chi connectivity index (χ1n) is 5.43. The van der Waals surface area contributed by atoms with Crippen LogP contribution in [0.25, 0.3) is 0 Å². The number of carbonyl (C=O) groups is 1. The first-order valence-corrected chi connectivity index (χ1v) is 6.31. The number of amides is 1. The third-order valence-electron chi connectivity index (χ3n) is 2.83. The van der Waals surface area contributed by atoms with Crippen molar-refractivity contribution in [2.45, 2.75) is 19.1 Å². The molecule has 6 nitrogen and oxygen atoms in total. The summed E-state index contributed by atoms with van der Waals surface area (Å²) in [5.41, 5.74) is 2.99. The number of thiazole rings is 1. The highest BCUT2D eigenvalue weighted by Gasteiger charge is 2.22. The van der Waals surface area contributed by atoms with Crippen molar-refractivity contribution in [3.63, 3.8) is 0 Å². The second-order valence-corrected chi connectivity index (χ2v) is 4.86. The first-order chi connectivity index (χ1) is 8.22. The summed E-state index contributed by atoms with van der Waals surface area (Å²) in [5, 5.41) is 2.30. The maximum atomic E-state index is 11.2. The van der Waals surface area contributed by atoms with Gasteiger partial charge in [0.25, 0.3) is 5.91 Å². The van der Waals surface area contributed by atoms with E-state index in [9.17, 15) is 4.79 Å². The zero-order valence-corrected chi connectivity index (χ0v) is 10.5. The Balaban J connectivity index is 1.91. The van der Waals surface area contributed by atoms with E-state index in [1.54, 1.807) is 7.11 Å². The van der Waals surface area contributed by atoms with Gasteiger partial charge < -0.3 is 4.74 Å². The van der Waals surface area contributed by atoms with Crippen LogP contribution in [-0.2, 0) is 11.3 Å². The van der Waals surface area contributed by atoms with Crippen LogP contribution in [0.1, 0.15) is 21.9 Å². The van der Waals surface area contributed by atoms with E-state index in [-0.39, 0.29) is 5.91 Å². The maximum absolute atomic E-state index is 11.2. The number of carbonyl (C=O) groups excluding carboxylic acids is 1. The second-order valence-electron chi connectivity index (χ2n) is 4.00. The predicted octanol–water partition coefficient (Wildman–Crippen LogP) is -0.0327. The number of nitrogens with zero attached hydrogens (tertiary/aromatic N) is 2. The van der Waals surface area contributed by atoms with E-state index in [0.717, 1.165) is 31.7 Å². The molecular formula is C10H16N4O2S. The molecule has 17 heavy (non-hydrogen) atoms. The molecule has 0 aliphatic carbocycles. The molecule has 7 heteroatoms. The number of nitrogen functional groups attached to an aromatic ring is 1. The molecule has 1 aromatic rings. The third-order valence-corrected chi connectivity index (χ3v) is 3.72. The van der Waals surface area contributed by atoms with E-state index in [1.165, 1.54) is 11.3 Å². The lowest BCUT2D eigenvalue weighted by atomic mass is 10.3. The largest absolute Gasteiger partial charge is 0.380 e. The Bertz CT molecular complexity index is 395. The van der Waals surface area contributed by atoms with Crippen molar-refractivity contribution in [1.29, 1.82) is 0 Å². The van der Waals surface area contributed by atoms with Crippen molar-refractivity contribution < 1.29 is 9.53 Å². The van der Waals surface area contributed by atoms with Gasteiger partial charge in [-0.15, -0.1) is 11.3 Å². The summed E-state index contributed by atoms with van der Waals surface area (Å²) in [6.07, 6.45) is 1.37. The van der Waals surface area contributed by atoms with E-state index in [2.05, 4.69) is 15.3 Å². The second kappa shape index (κ2) is 5.54. The van der Waals surface area contributed by atoms with Crippen molar-refractivity contribution in [1.82, 2.24) is 15.3 Å². The van der Waals surface area contributed by atoms with Gasteiger partial charge in [0, 0.05) is 32.1 Å². The van der Waals surface area contributed by atoms with Gasteiger partial charge in [0.2, 0.25) is 0 Å². The van der Waals surface area contributed by atoms with Crippen molar-refractivity contribution in [2.24, 2.45) is 5.84 Å². The molecule has 1 aromatic heterocycles. The molecule has 3 N–H and O–H groups in total. The maximum Gasteiger partial charge on any atom is 0.294 e. The lowest BCUT2D eigenvalue weighted by molar-refractivity contribution is 0.0952. The first kappa shape index (κ1) is 12.4. The fourth-order valence-corrected chi connectivity index (χ4v) is 2.62. The van der Waals surface area contributed by atoms with E-state index >= 15 is 0 Å². The third kappa shape index (κ3) is 3.01. The van der Waals surface area contributed by atoms with Gasteiger partial charge in [0.15, 0.2) is 5.01 Å². The average molecular weight is 256 g/mol. The zero-order valence-electron chi connectivity index (χ0n) is 9.68. The Kier molecular flexibility index (Phi) is 4.06. The lowest BCUT2D eigenvalue weighted by Gasteiger charge is -2.13. The highest BCUT2D eigenvalue weighted by Crippen LogP contribution is 2.17. The van der Waals surface area contributed by atoms with Crippen LogP contribution in [-0.4, -0.2) is 42.1 Å². The number of likely N-dealkylation sites (tertiary alicyclic amines) is 1. The molecule has 0 saturated carbocycles. The fraction of sp³-hybridized carbons (Fsp3) is 0.600. The van der Waals surface area contributed by atoms with E-state index in [1.807, 2.05) is 5.38 Å². The molecule has 2 heterocycles. The van der Waals surface area contributed by atoms with Crippen LogP contribution in [0.3, 0.4) is 0 Å². The van der Waals surface area contributed by atoms with Crippen LogP contribution in [0.2, 0.25) is 0 Å². The van der Waals surface area contributed by atoms with Gasteiger partial charge in [-0.3, -0.25) is 15.1 Å². The summed E-state index contributed by atoms with van der Waals surface area (Å²) < 4.78 is 5.30. The Morgan fingerprint density at radius 2 is 2.65 bits per heavy atom. The summed E-state index contributed by atoms with van der Waals surface area (Å²) in [5.74, 6) is 4.72. The Labute approximate surface area is 104 Å². The van der Waals surface area contributed by atoms with Crippen LogP contribution in [0.15, 0.2) is 5.38 Å². The standard InChI is InChI=1S/C10H16N4O2S/c1-16-8-2-3-14(5-8)4-7-6-17-10(12-7)9(15)13-11/h6,8H,2-5,11H2,1H3,(H,13,15). The molecule has 1 aliphatic rings. The Morgan fingerprint density at radius 3 is 3.29 bits per heavy atom. The monoisotopic (exact) mass is 256 g/mol. The number of nitrogens with two attached hydrogens (primary N) is 1. The molecule has 1 saturated heterocycles. The highest BCUT2D eigenvalue weighted by atomic mass is 32.1. The van der Waals surface area contributed by atoms with Gasteiger partial charge in [0.1, 0.15) is 0 Å². The Morgan fingerprint density at radius 1 is 1.82 bits per heavy atom. The fourth-order valence-electron chi connectivity index (χ4n) is 1.91. The molecule has 1 fully saturated rings. The van der Waals surface area contributed by atoms with Gasteiger partial charge >= 0.3 is 0 Å². The minimum atomic E-state index is -0.336. The summed E-state index contributed by atoms with van der Waals surface area (Å²) in [6.45, 7) is 2.69. The number of aromatic nitrogens is 1. The van der Waals surface area contributed by atoms with Gasteiger partial charge in [-0.05, 0) is 6.42 Å². The topological polar surface area (TPSA) is 80.5 Å². The normalized spacial score (nSPS) is 20.7. The highest BCUT2D eigenvalue weighted by molar-refractivity contribution is 7.11. The van der Waals surface area contributed by atoms with Crippen LogP contribution < -0.4 is 11.3 Å². The quantitative estimate of drug-likeness (QED) is 0.449. The van der Waals surface area contributed by atoms with E-state index in [4.69, 9.17) is 10.6 Å². The number of methoxy groups -OCH3 is 1. The number of hydrazine groups is 1. The molecule has 94 valence electrons. The number of hydrogen-bond donors (Lipinski definition) is 2. The summed E-state index contributed by atoms with van der Waals surface area (Å²) in [7, 11) is 1.74. The SMILES string of the molecule is COC1CCN(Cc2csc(C(=O)NN)n2)C1. The Hall–Kier alpha value is -1.02. The van der Waals surface area contributed by atoms with Crippen LogP contribution in [0.5, 0.6) is 0 Å². The van der Waals surface area contributed by atoms with E-state index < -0.39 is 0 Å². The summed E-state index contributed by atoms with van der Waals surface area (Å²) in [6, 6.07) is 0. The molecular weight excluding hydrogens is 240 g/mol. The van der Waals surface area contributed by atoms with E-state index in [0.29, 0.717) is 11.1 Å². The van der Waals surface area contributed by atoms with Gasteiger partial charge in [-0.25, -0.2) is 10.8 Å². The number of ether oxygens (including phenoxy) is 1. The molecule has 2 rings (SSSR count). The van der Waals surface area contributed by atoms with Crippen LogP contribution >= 0.6 is 11.3 Å². The molecule has 1 atom stereocenters. The summed E-state index contributed by atoms with van der Waals surface area (Å²) >= 11 is 1.31. The van der Waals surface area contributed by atoms with Gasteiger partial charge in [-0.2, -0.15) is 0 Å². The number of hydrogen-bond acceptors (Lipinski definition) is 6. The molecule has 1 aliphatic heterocycles. The van der Waals surface area contributed by atoms with Gasteiger partial charge in [-0.1, -0.05) is 0 Å². The smallest absolute Gasteiger partial charge is 0.294 e. The van der Waals surface area contributed by atoms with Crippen LogP contribution in [0, 0.1) is 0 Å². The number of rotatable bonds is 4. The molecule has 0 spiro atoms. The molecule has 1 amide bonds. The van der Waals surface area contributed by atoms with Gasteiger partial charge in [0.05, 0.1) is 11.8 Å². The zero-order chi connectivity index (χ0) is 12.3. The van der Waals surface area contributed by atoms with Crippen LogP contribution in [0.4, 0.5) is 0 Å².